The molecule has 0 saturated carbocycles. The number of thioether (sulfide) groups is 1. The maximum absolute atomic E-state index is 12.3. The minimum atomic E-state index is -0.294. The molecule has 1 amide bonds. The number of aryl methyl sites for hydroxylation is 1. The molecule has 0 aliphatic carbocycles. The van der Waals surface area contributed by atoms with Gasteiger partial charge in [-0.05, 0) is 26.0 Å². The molecule has 0 aliphatic rings. The monoisotopic (exact) mass is 306 g/mol. The van der Waals surface area contributed by atoms with Crippen molar-refractivity contribution in [3.05, 3.63) is 30.1 Å². The molecule has 21 heavy (non-hydrogen) atoms. The molecule has 1 aromatic heterocycles. The summed E-state index contributed by atoms with van der Waals surface area (Å²) in [4.78, 5) is 12.3. The molecule has 0 saturated heterocycles. The fourth-order valence-corrected chi connectivity index (χ4v) is 2.54. The molecule has 1 aromatic carbocycles. The van der Waals surface area contributed by atoms with E-state index in [4.69, 9.17) is 4.74 Å². The van der Waals surface area contributed by atoms with Crippen LogP contribution in [0.5, 0.6) is 5.75 Å². The minimum absolute atomic E-state index is 0.106. The summed E-state index contributed by atoms with van der Waals surface area (Å²) in [6, 6.07) is 7.32. The van der Waals surface area contributed by atoms with Crippen LogP contribution in [-0.4, -0.2) is 33.0 Å². The van der Waals surface area contributed by atoms with Crippen LogP contribution in [-0.2, 0) is 11.8 Å². The molecule has 0 radical (unpaired) electrons. The van der Waals surface area contributed by atoms with E-state index in [9.17, 15) is 4.79 Å². The van der Waals surface area contributed by atoms with Crippen molar-refractivity contribution < 1.29 is 9.53 Å². The average Bonchev–Trinajstić information content (AvgIpc) is 2.79. The lowest BCUT2D eigenvalue weighted by molar-refractivity contribution is -0.115. The maximum Gasteiger partial charge on any atom is 0.237 e. The van der Waals surface area contributed by atoms with E-state index in [0.717, 1.165) is 11.0 Å². The van der Waals surface area contributed by atoms with Crippen LogP contribution in [0.4, 0.5) is 5.69 Å². The third-order valence-corrected chi connectivity index (χ3v) is 4.20. The van der Waals surface area contributed by atoms with Crippen molar-refractivity contribution in [2.75, 3.05) is 12.4 Å². The molecule has 6 nitrogen and oxygen atoms in total. The van der Waals surface area contributed by atoms with Crippen LogP contribution < -0.4 is 10.1 Å². The molecular weight excluding hydrogens is 288 g/mol. The zero-order valence-electron chi connectivity index (χ0n) is 12.5. The average molecular weight is 306 g/mol. The number of anilines is 1. The third kappa shape index (κ3) is 3.55. The lowest BCUT2D eigenvalue weighted by atomic mass is 10.3. The van der Waals surface area contributed by atoms with Crippen LogP contribution in [0.1, 0.15) is 12.7 Å². The molecule has 2 aromatic rings. The Morgan fingerprint density at radius 1 is 1.38 bits per heavy atom. The van der Waals surface area contributed by atoms with Crippen molar-refractivity contribution in [3.8, 4) is 5.75 Å². The highest BCUT2D eigenvalue weighted by Gasteiger charge is 2.19. The van der Waals surface area contributed by atoms with Crippen molar-refractivity contribution in [2.24, 2.45) is 7.05 Å². The van der Waals surface area contributed by atoms with E-state index >= 15 is 0 Å². The summed E-state index contributed by atoms with van der Waals surface area (Å²) in [5.74, 6) is 1.34. The first-order valence-corrected chi connectivity index (χ1v) is 7.37. The highest BCUT2D eigenvalue weighted by molar-refractivity contribution is 8.00. The quantitative estimate of drug-likeness (QED) is 0.858. The molecule has 0 bridgehead atoms. The van der Waals surface area contributed by atoms with Gasteiger partial charge in [-0.1, -0.05) is 23.9 Å². The molecule has 0 spiro atoms. The topological polar surface area (TPSA) is 69.0 Å². The standard InChI is InChI=1S/C14H18N4O2S/c1-9(21-14-17-16-10(2)18(14)3)13(19)15-11-7-5-6-8-12(11)20-4/h5-9H,1-4H3,(H,15,19)/t9-/m0/s1. The molecule has 7 heteroatoms. The number of carbonyl (C=O) groups is 1. The Morgan fingerprint density at radius 2 is 2.10 bits per heavy atom. The predicted octanol–water partition coefficient (Wildman–Crippen LogP) is 2.25. The first-order chi connectivity index (χ1) is 10.0. The zero-order valence-corrected chi connectivity index (χ0v) is 13.3. The largest absolute Gasteiger partial charge is 0.495 e. The van der Waals surface area contributed by atoms with Gasteiger partial charge in [0.2, 0.25) is 5.91 Å². The Hall–Kier alpha value is -2.02. The molecule has 112 valence electrons. The molecule has 0 unspecified atom stereocenters. The van der Waals surface area contributed by atoms with Gasteiger partial charge in [0.15, 0.2) is 5.16 Å². The minimum Gasteiger partial charge on any atom is -0.495 e. The lowest BCUT2D eigenvalue weighted by Gasteiger charge is -2.13. The number of methoxy groups -OCH3 is 1. The summed E-state index contributed by atoms with van der Waals surface area (Å²) >= 11 is 1.37. The van der Waals surface area contributed by atoms with Gasteiger partial charge in [-0.25, -0.2) is 0 Å². The number of para-hydroxylation sites is 2. The zero-order chi connectivity index (χ0) is 15.4. The fraction of sp³-hybridized carbons (Fsp3) is 0.357. The van der Waals surface area contributed by atoms with Crippen LogP contribution in [0, 0.1) is 6.92 Å². The molecule has 0 aliphatic heterocycles. The number of carbonyl (C=O) groups excluding carboxylic acids is 1. The number of aromatic nitrogens is 3. The van der Waals surface area contributed by atoms with E-state index in [2.05, 4.69) is 15.5 Å². The van der Waals surface area contributed by atoms with Gasteiger partial charge in [-0.3, -0.25) is 4.79 Å². The van der Waals surface area contributed by atoms with E-state index in [1.165, 1.54) is 11.8 Å². The second-order valence-corrected chi connectivity index (χ2v) is 5.85. The Balaban J connectivity index is 2.04. The third-order valence-electron chi connectivity index (χ3n) is 3.07. The van der Waals surface area contributed by atoms with Crippen LogP contribution in [0.25, 0.3) is 0 Å². The first kappa shape index (κ1) is 15.4. The van der Waals surface area contributed by atoms with Gasteiger partial charge < -0.3 is 14.6 Å². The summed E-state index contributed by atoms with van der Waals surface area (Å²) in [7, 11) is 3.45. The highest BCUT2D eigenvalue weighted by atomic mass is 32.2. The number of nitrogens with one attached hydrogen (secondary N) is 1. The van der Waals surface area contributed by atoms with Crippen molar-refractivity contribution in [3.63, 3.8) is 0 Å². The highest BCUT2D eigenvalue weighted by Crippen LogP contribution is 2.26. The van der Waals surface area contributed by atoms with E-state index < -0.39 is 0 Å². The van der Waals surface area contributed by atoms with E-state index in [-0.39, 0.29) is 11.2 Å². The van der Waals surface area contributed by atoms with Gasteiger partial charge >= 0.3 is 0 Å². The number of hydrogen-bond donors (Lipinski definition) is 1. The molecule has 1 N–H and O–H groups in total. The number of amides is 1. The number of hydrogen-bond acceptors (Lipinski definition) is 5. The number of rotatable bonds is 5. The molecular formula is C14H18N4O2S. The van der Waals surface area contributed by atoms with Gasteiger partial charge in [0, 0.05) is 7.05 Å². The van der Waals surface area contributed by atoms with E-state index in [0.29, 0.717) is 11.4 Å². The van der Waals surface area contributed by atoms with Crippen molar-refractivity contribution in [2.45, 2.75) is 24.3 Å². The maximum atomic E-state index is 12.3. The normalized spacial score (nSPS) is 12.0. The number of benzene rings is 1. The van der Waals surface area contributed by atoms with Crippen LogP contribution in [0.3, 0.4) is 0 Å². The predicted molar refractivity (Wildman–Crippen MR) is 82.7 cm³/mol. The van der Waals surface area contributed by atoms with Crippen molar-refractivity contribution in [1.82, 2.24) is 14.8 Å². The Kier molecular flexibility index (Phi) is 4.85. The second-order valence-electron chi connectivity index (χ2n) is 4.54. The Bertz CT molecular complexity index is 642. The van der Waals surface area contributed by atoms with Gasteiger partial charge in [0.05, 0.1) is 18.0 Å². The van der Waals surface area contributed by atoms with Gasteiger partial charge in [0.25, 0.3) is 0 Å². The van der Waals surface area contributed by atoms with Gasteiger partial charge in [-0.2, -0.15) is 0 Å². The molecule has 2 rings (SSSR count). The molecule has 1 heterocycles. The van der Waals surface area contributed by atoms with Crippen LogP contribution in [0.2, 0.25) is 0 Å². The lowest BCUT2D eigenvalue weighted by Crippen LogP contribution is -2.23. The second kappa shape index (κ2) is 6.62. The summed E-state index contributed by atoms with van der Waals surface area (Å²) in [5, 5.41) is 11.3. The first-order valence-electron chi connectivity index (χ1n) is 6.49. The molecule has 0 fully saturated rings. The van der Waals surface area contributed by atoms with Crippen LogP contribution in [0.15, 0.2) is 29.4 Å². The summed E-state index contributed by atoms with van der Waals surface area (Å²) in [6.45, 7) is 3.70. The van der Waals surface area contributed by atoms with E-state index in [1.54, 1.807) is 19.2 Å². The Morgan fingerprint density at radius 3 is 2.71 bits per heavy atom. The number of ether oxygens (including phenoxy) is 1. The van der Waals surface area contributed by atoms with Crippen molar-refractivity contribution in [1.29, 1.82) is 0 Å². The van der Waals surface area contributed by atoms with Gasteiger partial charge in [0.1, 0.15) is 11.6 Å². The molecule has 1 atom stereocenters. The van der Waals surface area contributed by atoms with Gasteiger partial charge in [-0.15, -0.1) is 10.2 Å². The van der Waals surface area contributed by atoms with Crippen molar-refractivity contribution >= 4 is 23.4 Å². The summed E-state index contributed by atoms with van der Waals surface area (Å²) in [5.41, 5.74) is 0.659. The number of nitrogens with zero attached hydrogens (tertiary/aromatic N) is 3. The fourth-order valence-electron chi connectivity index (χ4n) is 1.68. The Labute approximate surface area is 127 Å². The SMILES string of the molecule is COc1ccccc1NC(=O)[C@H](C)Sc1nnc(C)n1C. The smallest absolute Gasteiger partial charge is 0.237 e. The van der Waals surface area contributed by atoms with E-state index in [1.807, 2.05) is 37.6 Å². The summed E-state index contributed by atoms with van der Waals surface area (Å²) in [6.07, 6.45) is 0. The summed E-state index contributed by atoms with van der Waals surface area (Å²) < 4.78 is 7.08. The van der Waals surface area contributed by atoms with Crippen LogP contribution >= 0.6 is 11.8 Å².